The highest BCUT2D eigenvalue weighted by Gasteiger charge is 2.20. The summed E-state index contributed by atoms with van der Waals surface area (Å²) in [6.07, 6.45) is 1.87. The summed E-state index contributed by atoms with van der Waals surface area (Å²) < 4.78 is 13.7. The van der Waals surface area contributed by atoms with Crippen LogP contribution < -0.4 is 10.6 Å². The van der Waals surface area contributed by atoms with Crippen LogP contribution >= 0.6 is 0 Å². The normalized spacial score (nSPS) is 16.8. The second kappa shape index (κ2) is 4.97. The van der Waals surface area contributed by atoms with Gasteiger partial charge < -0.3 is 10.6 Å². The fourth-order valence-corrected chi connectivity index (χ4v) is 2.27. The van der Waals surface area contributed by atoms with E-state index in [-0.39, 0.29) is 11.9 Å². The maximum absolute atomic E-state index is 13.7. The van der Waals surface area contributed by atoms with E-state index >= 15 is 0 Å². The van der Waals surface area contributed by atoms with Gasteiger partial charge in [-0.25, -0.2) is 4.39 Å². The molecule has 5 nitrogen and oxygen atoms in total. The predicted octanol–water partition coefficient (Wildman–Crippen LogP) is 1.54. The van der Waals surface area contributed by atoms with E-state index < -0.39 is 0 Å². The fourth-order valence-electron chi connectivity index (χ4n) is 2.27. The van der Waals surface area contributed by atoms with Crippen molar-refractivity contribution in [2.24, 2.45) is 5.73 Å². The van der Waals surface area contributed by atoms with Crippen LogP contribution in [0.1, 0.15) is 12.8 Å². The largest absolute Gasteiger partial charge is 0.339 e. The Kier molecular flexibility index (Phi) is 3.16. The van der Waals surface area contributed by atoms with Gasteiger partial charge in [-0.1, -0.05) is 12.1 Å². The third-order valence-corrected chi connectivity index (χ3v) is 3.43. The lowest BCUT2D eigenvalue weighted by atomic mass is 10.1. The van der Waals surface area contributed by atoms with Gasteiger partial charge in [-0.05, 0) is 25.0 Å². The van der Waals surface area contributed by atoms with Gasteiger partial charge in [0.05, 0.1) is 5.56 Å². The highest BCUT2D eigenvalue weighted by molar-refractivity contribution is 5.57. The molecule has 1 aliphatic heterocycles. The van der Waals surface area contributed by atoms with Crippen LogP contribution in [0, 0.1) is 5.82 Å². The first-order valence-electron chi connectivity index (χ1n) is 6.42. The van der Waals surface area contributed by atoms with Gasteiger partial charge in [-0.2, -0.15) is 4.98 Å². The monoisotopic (exact) mass is 261 g/mol. The minimum absolute atomic E-state index is 0.265. The zero-order valence-electron chi connectivity index (χ0n) is 10.5. The second-order valence-corrected chi connectivity index (χ2v) is 4.79. The molecular weight excluding hydrogens is 245 g/mol. The topological polar surface area (TPSA) is 70.8 Å². The van der Waals surface area contributed by atoms with Crippen molar-refractivity contribution in [1.82, 2.24) is 15.2 Å². The number of anilines is 1. The molecule has 0 spiro atoms. The van der Waals surface area contributed by atoms with Crippen molar-refractivity contribution in [2.45, 2.75) is 18.9 Å². The number of rotatable bonds is 2. The van der Waals surface area contributed by atoms with Crippen LogP contribution in [0.4, 0.5) is 10.3 Å². The number of aromatic nitrogens is 3. The predicted molar refractivity (Wildman–Crippen MR) is 71.2 cm³/mol. The number of nitrogens with one attached hydrogen (secondary N) is 1. The number of aromatic amines is 1. The Morgan fingerprint density at radius 1 is 1.26 bits per heavy atom. The summed E-state index contributed by atoms with van der Waals surface area (Å²) in [5.41, 5.74) is 6.31. The van der Waals surface area contributed by atoms with Gasteiger partial charge in [0, 0.05) is 19.1 Å². The standard InChI is InChI=1S/C13H16FN5/c14-11-4-2-1-3-10(11)12-16-13(18-17-12)19-7-5-9(15)6-8-19/h1-4,9H,5-8,15H2,(H,16,17,18). The van der Waals surface area contributed by atoms with Crippen LogP contribution in [0.5, 0.6) is 0 Å². The van der Waals surface area contributed by atoms with Crippen LogP contribution in [0.15, 0.2) is 24.3 Å². The molecule has 1 saturated heterocycles. The molecule has 1 aromatic heterocycles. The van der Waals surface area contributed by atoms with Crippen LogP contribution in [-0.2, 0) is 0 Å². The maximum atomic E-state index is 13.7. The highest BCUT2D eigenvalue weighted by Crippen LogP contribution is 2.22. The van der Waals surface area contributed by atoms with Gasteiger partial charge in [0.1, 0.15) is 5.82 Å². The van der Waals surface area contributed by atoms with Gasteiger partial charge in [-0.15, -0.1) is 5.10 Å². The number of halogens is 1. The van der Waals surface area contributed by atoms with Crippen molar-refractivity contribution in [2.75, 3.05) is 18.0 Å². The third kappa shape index (κ3) is 2.44. The van der Waals surface area contributed by atoms with E-state index in [2.05, 4.69) is 20.1 Å². The molecule has 0 atom stereocenters. The zero-order valence-corrected chi connectivity index (χ0v) is 10.5. The first-order chi connectivity index (χ1) is 9.24. The molecule has 0 bridgehead atoms. The van der Waals surface area contributed by atoms with Gasteiger partial charge >= 0.3 is 0 Å². The molecule has 2 heterocycles. The number of H-pyrrole nitrogens is 1. The summed E-state index contributed by atoms with van der Waals surface area (Å²) >= 11 is 0. The van der Waals surface area contributed by atoms with Crippen molar-refractivity contribution >= 4 is 5.95 Å². The van der Waals surface area contributed by atoms with Crippen LogP contribution in [-0.4, -0.2) is 34.3 Å². The summed E-state index contributed by atoms with van der Waals surface area (Å²) in [6, 6.07) is 6.80. The van der Waals surface area contributed by atoms with Crippen LogP contribution in [0.2, 0.25) is 0 Å². The highest BCUT2D eigenvalue weighted by atomic mass is 19.1. The lowest BCUT2D eigenvalue weighted by Gasteiger charge is -2.28. The second-order valence-electron chi connectivity index (χ2n) is 4.79. The molecule has 1 aliphatic rings. The Balaban J connectivity index is 1.82. The molecule has 3 N–H and O–H groups in total. The molecule has 0 unspecified atom stereocenters. The van der Waals surface area contributed by atoms with Crippen molar-refractivity contribution < 1.29 is 4.39 Å². The average molecular weight is 261 g/mol. The number of nitrogens with zero attached hydrogens (tertiary/aromatic N) is 3. The summed E-state index contributed by atoms with van der Waals surface area (Å²) in [5, 5.41) is 6.96. The molecule has 19 heavy (non-hydrogen) atoms. The Bertz CT molecular complexity index is 560. The van der Waals surface area contributed by atoms with Crippen molar-refractivity contribution in [1.29, 1.82) is 0 Å². The smallest absolute Gasteiger partial charge is 0.245 e. The number of nitrogens with two attached hydrogens (primary N) is 1. The van der Waals surface area contributed by atoms with Gasteiger partial charge in [0.2, 0.25) is 5.95 Å². The molecule has 1 aromatic carbocycles. The van der Waals surface area contributed by atoms with Crippen LogP contribution in [0.3, 0.4) is 0 Å². The summed E-state index contributed by atoms with van der Waals surface area (Å²) in [5.74, 6) is 0.777. The minimum atomic E-state index is -0.300. The van der Waals surface area contributed by atoms with E-state index in [1.54, 1.807) is 18.2 Å². The van der Waals surface area contributed by atoms with E-state index in [1.165, 1.54) is 6.07 Å². The minimum Gasteiger partial charge on any atom is -0.339 e. The molecule has 6 heteroatoms. The van der Waals surface area contributed by atoms with Crippen molar-refractivity contribution in [3.8, 4) is 11.4 Å². The first-order valence-corrected chi connectivity index (χ1v) is 6.42. The van der Waals surface area contributed by atoms with E-state index in [1.807, 2.05) is 0 Å². The zero-order chi connectivity index (χ0) is 13.2. The maximum Gasteiger partial charge on any atom is 0.245 e. The van der Waals surface area contributed by atoms with E-state index in [9.17, 15) is 4.39 Å². The van der Waals surface area contributed by atoms with Gasteiger partial charge in [-0.3, -0.25) is 5.10 Å². The number of hydrogen-bond donors (Lipinski definition) is 2. The summed E-state index contributed by atoms with van der Waals surface area (Å²) in [6.45, 7) is 1.69. The number of benzene rings is 1. The molecule has 2 aromatic rings. The first kappa shape index (κ1) is 12.1. The molecule has 3 rings (SSSR count). The van der Waals surface area contributed by atoms with E-state index in [4.69, 9.17) is 5.73 Å². The van der Waals surface area contributed by atoms with Crippen molar-refractivity contribution in [3.63, 3.8) is 0 Å². The van der Waals surface area contributed by atoms with E-state index in [0.29, 0.717) is 17.3 Å². The molecular formula is C13H16FN5. The molecule has 0 amide bonds. The van der Waals surface area contributed by atoms with Crippen molar-refractivity contribution in [3.05, 3.63) is 30.1 Å². The van der Waals surface area contributed by atoms with E-state index in [0.717, 1.165) is 25.9 Å². The van der Waals surface area contributed by atoms with Gasteiger partial charge in [0.25, 0.3) is 0 Å². The summed E-state index contributed by atoms with van der Waals surface area (Å²) in [7, 11) is 0. The SMILES string of the molecule is NC1CCN(c2n[nH]c(-c3ccccc3F)n2)CC1. The Morgan fingerprint density at radius 2 is 2.00 bits per heavy atom. The lowest BCUT2D eigenvalue weighted by molar-refractivity contribution is 0.496. The Labute approximate surface area is 110 Å². The van der Waals surface area contributed by atoms with Crippen LogP contribution in [0.25, 0.3) is 11.4 Å². The number of piperidine rings is 1. The Morgan fingerprint density at radius 3 is 2.74 bits per heavy atom. The molecule has 0 radical (unpaired) electrons. The molecule has 1 fully saturated rings. The summed E-state index contributed by atoms with van der Waals surface area (Å²) in [4.78, 5) is 6.44. The van der Waals surface area contributed by atoms with Gasteiger partial charge in [0.15, 0.2) is 5.82 Å². The fraction of sp³-hybridized carbons (Fsp3) is 0.385. The Hall–Kier alpha value is -1.95. The third-order valence-electron chi connectivity index (χ3n) is 3.43. The molecule has 0 saturated carbocycles. The average Bonchev–Trinajstić information content (AvgIpc) is 2.89. The lowest BCUT2D eigenvalue weighted by Crippen LogP contribution is -2.40. The molecule has 100 valence electrons. The quantitative estimate of drug-likeness (QED) is 0.860. The number of hydrogen-bond acceptors (Lipinski definition) is 4. The molecule has 0 aliphatic carbocycles.